The van der Waals surface area contributed by atoms with Crippen molar-refractivity contribution in [3.8, 4) is 0 Å². The number of thioether (sulfide) groups is 1. The smallest absolute Gasteiger partial charge is 0.252 e. The molecule has 10 nitrogen and oxygen atoms in total. The van der Waals surface area contributed by atoms with Crippen molar-refractivity contribution in [1.29, 1.82) is 0 Å². The maximum Gasteiger partial charge on any atom is 0.252 e. The van der Waals surface area contributed by atoms with Crippen LogP contribution in [0.1, 0.15) is 19.8 Å². The molecule has 5 rings (SSSR count). The third-order valence-corrected chi connectivity index (χ3v) is 10.4. The zero-order valence-electron chi connectivity index (χ0n) is 21.9. The molecule has 2 amide bonds. The van der Waals surface area contributed by atoms with E-state index in [-0.39, 0.29) is 70.4 Å². The molecule has 5 fully saturated rings. The van der Waals surface area contributed by atoms with E-state index in [1.54, 1.807) is 18.9 Å². The number of rotatable bonds is 7. The van der Waals surface area contributed by atoms with E-state index in [1.165, 1.54) is 5.01 Å². The molecular weight excluding hydrogens is 540 g/mol. The summed E-state index contributed by atoms with van der Waals surface area (Å²) in [6.07, 6.45) is -0.751. The maximum absolute atomic E-state index is 13.5. The minimum Gasteiger partial charge on any atom is -0.380 e. The van der Waals surface area contributed by atoms with E-state index in [1.807, 2.05) is 4.90 Å². The van der Waals surface area contributed by atoms with Crippen molar-refractivity contribution in [3.63, 3.8) is 0 Å². The van der Waals surface area contributed by atoms with E-state index in [4.69, 9.17) is 16.3 Å². The van der Waals surface area contributed by atoms with Crippen LogP contribution in [0.25, 0.3) is 0 Å². The Morgan fingerprint density at radius 2 is 1.95 bits per heavy atom. The number of likely N-dealkylation sites (tertiary alicyclic amines) is 1. The lowest BCUT2D eigenvalue weighted by Gasteiger charge is -2.45. The Morgan fingerprint density at radius 3 is 2.68 bits per heavy atom. The number of fused-ring (bicyclic) bond motifs is 1. The SMILES string of the molecule is COC1CNC(Cl)CC1C1CC(C)NCC1C(=O)NC1NC2CN(C(=O)C3CNN(CC(F)F)C3)CC2S1. The predicted octanol–water partition coefficient (Wildman–Crippen LogP) is -0.193. The average Bonchev–Trinajstić information content (AvgIpc) is 3.58. The van der Waals surface area contributed by atoms with E-state index in [0.29, 0.717) is 45.3 Å². The van der Waals surface area contributed by atoms with Gasteiger partial charge in [0.1, 0.15) is 5.50 Å². The number of hydrazine groups is 1. The number of methoxy groups -OCH3 is 1. The second kappa shape index (κ2) is 12.4. The summed E-state index contributed by atoms with van der Waals surface area (Å²) in [6, 6.07) is 0.407. The third kappa shape index (κ3) is 6.40. The highest BCUT2D eigenvalue weighted by Gasteiger charge is 2.47. The van der Waals surface area contributed by atoms with Gasteiger partial charge in [-0.15, -0.1) is 23.4 Å². The number of nitrogens with zero attached hydrogens (tertiary/aromatic N) is 2. The zero-order chi connectivity index (χ0) is 27.0. The number of carbonyl (C=O) groups excluding carboxylic acids is 2. The number of ether oxygens (including phenoxy) is 1. The molecule has 0 saturated carbocycles. The lowest BCUT2D eigenvalue weighted by Crippen LogP contribution is -2.57. The maximum atomic E-state index is 13.5. The van der Waals surface area contributed by atoms with Gasteiger partial charge in [-0.1, -0.05) is 0 Å². The molecule has 38 heavy (non-hydrogen) atoms. The van der Waals surface area contributed by atoms with Crippen LogP contribution in [-0.2, 0) is 14.3 Å². The molecule has 10 unspecified atom stereocenters. The van der Waals surface area contributed by atoms with E-state index < -0.39 is 6.43 Å². The van der Waals surface area contributed by atoms with Crippen molar-refractivity contribution in [2.45, 2.75) is 60.6 Å². The van der Waals surface area contributed by atoms with Gasteiger partial charge in [-0.05, 0) is 31.6 Å². The lowest BCUT2D eigenvalue weighted by atomic mass is 9.70. The number of hydrogen-bond acceptors (Lipinski definition) is 9. The highest BCUT2D eigenvalue weighted by Crippen LogP contribution is 2.38. The molecule has 0 aromatic carbocycles. The number of alkyl halides is 3. The number of carbonyl (C=O) groups is 2. The van der Waals surface area contributed by atoms with Crippen molar-refractivity contribution in [2.24, 2.45) is 23.7 Å². The fourth-order valence-electron chi connectivity index (χ4n) is 6.81. The van der Waals surface area contributed by atoms with Gasteiger partial charge in [-0.25, -0.2) is 13.8 Å². The number of piperidine rings is 2. The molecule has 0 radical (unpaired) electrons. The second-order valence-electron chi connectivity index (χ2n) is 11.3. The molecule has 10 atom stereocenters. The first kappa shape index (κ1) is 28.7. The first-order valence-corrected chi connectivity index (χ1v) is 15.0. The van der Waals surface area contributed by atoms with Crippen LogP contribution >= 0.6 is 23.4 Å². The van der Waals surface area contributed by atoms with Crippen molar-refractivity contribution < 1.29 is 23.1 Å². The Hall–Kier alpha value is -0.800. The molecule has 5 heterocycles. The van der Waals surface area contributed by atoms with E-state index in [9.17, 15) is 18.4 Å². The molecule has 0 bridgehead atoms. The molecule has 14 heteroatoms. The monoisotopic (exact) mass is 579 g/mol. The van der Waals surface area contributed by atoms with Crippen LogP contribution in [0, 0.1) is 23.7 Å². The van der Waals surface area contributed by atoms with Gasteiger partial charge in [0.15, 0.2) is 0 Å². The van der Waals surface area contributed by atoms with Crippen molar-refractivity contribution in [3.05, 3.63) is 0 Å². The normalized spacial score (nSPS) is 42.0. The highest BCUT2D eigenvalue weighted by molar-refractivity contribution is 8.00. The highest BCUT2D eigenvalue weighted by atomic mass is 35.5. The Morgan fingerprint density at radius 1 is 1.13 bits per heavy atom. The summed E-state index contributed by atoms with van der Waals surface area (Å²) in [5.74, 6) is -0.0864. The van der Waals surface area contributed by atoms with Crippen LogP contribution in [0.4, 0.5) is 8.78 Å². The molecule has 216 valence electrons. The van der Waals surface area contributed by atoms with Crippen LogP contribution < -0.4 is 26.7 Å². The van der Waals surface area contributed by atoms with Crippen molar-refractivity contribution in [1.82, 2.24) is 36.6 Å². The van der Waals surface area contributed by atoms with E-state index in [2.05, 4.69) is 33.6 Å². The summed E-state index contributed by atoms with van der Waals surface area (Å²) in [7, 11) is 1.72. The van der Waals surface area contributed by atoms with Crippen LogP contribution in [0.3, 0.4) is 0 Å². The number of halogens is 3. The summed E-state index contributed by atoms with van der Waals surface area (Å²) in [4.78, 5) is 28.4. The largest absolute Gasteiger partial charge is 0.380 e. The Bertz CT molecular complexity index is 852. The first-order valence-electron chi connectivity index (χ1n) is 13.6. The summed E-state index contributed by atoms with van der Waals surface area (Å²) in [5.41, 5.74) is 2.57. The van der Waals surface area contributed by atoms with Crippen LogP contribution in [0.2, 0.25) is 0 Å². The van der Waals surface area contributed by atoms with E-state index in [0.717, 1.165) is 12.8 Å². The molecule has 5 N–H and O–H groups in total. The molecule has 0 spiro atoms. The summed E-state index contributed by atoms with van der Waals surface area (Å²) in [5, 5.41) is 15.1. The Kier molecular flexibility index (Phi) is 9.35. The molecule has 5 saturated heterocycles. The second-order valence-corrected chi connectivity index (χ2v) is 13.2. The minimum absolute atomic E-state index is 0.00385. The molecule has 0 aromatic heterocycles. The molecular formula is C24H40ClF2N7O3S. The summed E-state index contributed by atoms with van der Waals surface area (Å²) < 4.78 is 31.1. The Balaban J connectivity index is 1.13. The molecule has 5 aliphatic heterocycles. The van der Waals surface area contributed by atoms with E-state index >= 15 is 0 Å². The molecule has 5 aliphatic rings. The van der Waals surface area contributed by atoms with Gasteiger partial charge >= 0.3 is 0 Å². The average molecular weight is 580 g/mol. The summed E-state index contributed by atoms with van der Waals surface area (Å²) >= 11 is 8.10. The van der Waals surface area contributed by atoms with Crippen LogP contribution in [0.15, 0.2) is 0 Å². The van der Waals surface area contributed by atoms with Gasteiger partial charge in [0.2, 0.25) is 11.8 Å². The third-order valence-electron chi connectivity index (χ3n) is 8.75. The van der Waals surface area contributed by atoms with Gasteiger partial charge in [0.05, 0.1) is 30.0 Å². The molecule has 0 aromatic rings. The Labute approximate surface area is 232 Å². The first-order chi connectivity index (χ1) is 18.2. The van der Waals surface area contributed by atoms with Gasteiger partial charge < -0.3 is 20.3 Å². The van der Waals surface area contributed by atoms with Crippen LogP contribution in [0.5, 0.6) is 0 Å². The lowest BCUT2D eigenvalue weighted by molar-refractivity contribution is -0.134. The predicted molar refractivity (Wildman–Crippen MR) is 141 cm³/mol. The van der Waals surface area contributed by atoms with Crippen LogP contribution in [-0.4, -0.2) is 116 Å². The van der Waals surface area contributed by atoms with Gasteiger partial charge in [0.25, 0.3) is 6.43 Å². The summed E-state index contributed by atoms with van der Waals surface area (Å²) in [6.45, 7) is 4.92. The number of nitrogens with one attached hydrogen (secondary N) is 5. The number of hydrogen-bond donors (Lipinski definition) is 5. The standard InChI is InChI=1S/C24H40ClF2N7O3S/c1-12-3-14(15-4-20(25)29-7-18(15)37-2)16(6-28-12)22(35)32-24-31-17-9-33(10-19(17)38-24)23(36)13-5-30-34(8-13)11-21(26)27/h12-21,24,28-31H,3-11H2,1-2H3,(H,32,35). The van der Waals surface area contributed by atoms with Crippen molar-refractivity contribution in [2.75, 3.05) is 52.9 Å². The molecule has 0 aliphatic carbocycles. The van der Waals surface area contributed by atoms with Gasteiger partial charge in [-0.3, -0.25) is 25.6 Å². The topological polar surface area (TPSA) is 110 Å². The van der Waals surface area contributed by atoms with Gasteiger partial charge in [0, 0.05) is 63.7 Å². The quantitative estimate of drug-likeness (QED) is 0.207. The van der Waals surface area contributed by atoms with Crippen molar-refractivity contribution >= 4 is 35.2 Å². The minimum atomic E-state index is -2.43. The number of amides is 2. The fourth-order valence-corrected chi connectivity index (χ4v) is 8.51. The zero-order valence-corrected chi connectivity index (χ0v) is 23.4. The van der Waals surface area contributed by atoms with Gasteiger partial charge in [-0.2, -0.15) is 0 Å². The fraction of sp³-hybridized carbons (Fsp3) is 0.917.